The van der Waals surface area contributed by atoms with Gasteiger partial charge in [0.1, 0.15) is 0 Å². The summed E-state index contributed by atoms with van der Waals surface area (Å²) in [6, 6.07) is 11.2. The molecule has 0 aliphatic heterocycles. The zero-order valence-electron chi connectivity index (χ0n) is 16.4. The van der Waals surface area contributed by atoms with Crippen LogP contribution in [0.4, 0.5) is 0 Å². The van der Waals surface area contributed by atoms with E-state index in [0.717, 1.165) is 12.0 Å². The third kappa shape index (κ3) is 7.03. The van der Waals surface area contributed by atoms with Gasteiger partial charge in [0.15, 0.2) is 5.96 Å². The Hall–Kier alpha value is -2.87. The highest BCUT2D eigenvalue weighted by Gasteiger charge is 2.07. The van der Waals surface area contributed by atoms with Crippen LogP contribution in [-0.4, -0.2) is 57.0 Å². The number of benzene rings is 1. The number of aliphatic imine (C=N–C) groups is 1. The van der Waals surface area contributed by atoms with Crippen LogP contribution in [0.5, 0.6) is 0 Å². The quantitative estimate of drug-likeness (QED) is 0.400. The Bertz CT molecular complexity index is 786. The molecule has 0 radical (unpaired) electrons. The number of thiophene rings is 1. The predicted molar refractivity (Wildman–Crippen MR) is 112 cm³/mol. The Kier molecular flexibility index (Phi) is 8.48. The molecule has 1 amide bonds. The van der Waals surface area contributed by atoms with Crippen molar-refractivity contribution in [2.45, 2.75) is 13.0 Å². The molecule has 1 aromatic carbocycles. The monoisotopic (exact) mass is 402 g/mol. The zero-order valence-corrected chi connectivity index (χ0v) is 17.2. The van der Waals surface area contributed by atoms with Gasteiger partial charge in [-0.15, -0.1) is 11.3 Å². The fourth-order valence-electron chi connectivity index (χ4n) is 2.29. The van der Waals surface area contributed by atoms with Gasteiger partial charge in [-0.05, 0) is 35.6 Å². The van der Waals surface area contributed by atoms with Gasteiger partial charge in [0.25, 0.3) is 0 Å². The maximum absolute atomic E-state index is 11.9. The van der Waals surface area contributed by atoms with Crippen molar-refractivity contribution in [3.05, 3.63) is 57.8 Å². The van der Waals surface area contributed by atoms with E-state index >= 15 is 0 Å². The lowest BCUT2D eigenvalue weighted by atomic mass is 10.1. The molecule has 8 heteroatoms. The van der Waals surface area contributed by atoms with E-state index in [1.807, 2.05) is 18.2 Å². The van der Waals surface area contributed by atoms with Crippen LogP contribution in [0.3, 0.4) is 0 Å². The van der Waals surface area contributed by atoms with Crippen LogP contribution in [0.2, 0.25) is 0 Å². The summed E-state index contributed by atoms with van der Waals surface area (Å²) in [7, 11) is 4.79. The number of nitrogens with zero attached hydrogens (tertiary/aromatic N) is 2. The third-order valence-corrected chi connectivity index (χ3v) is 4.88. The van der Waals surface area contributed by atoms with Crippen LogP contribution in [0.25, 0.3) is 0 Å². The number of esters is 1. The lowest BCUT2D eigenvalue weighted by molar-refractivity contribution is -0.127. The molecule has 0 bridgehead atoms. The molecule has 0 unspecified atom stereocenters. The average Bonchev–Trinajstić information content (AvgIpc) is 3.22. The van der Waals surface area contributed by atoms with E-state index in [0.29, 0.717) is 24.6 Å². The molecule has 2 N–H and O–H groups in total. The van der Waals surface area contributed by atoms with Crippen molar-refractivity contribution in [1.29, 1.82) is 0 Å². The van der Waals surface area contributed by atoms with Crippen LogP contribution >= 0.6 is 11.3 Å². The summed E-state index contributed by atoms with van der Waals surface area (Å²) in [5, 5.41) is 8.38. The van der Waals surface area contributed by atoms with Gasteiger partial charge in [-0.3, -0.25) is 4.79 Å². The van der Waals surface area contributed by atoms with Crippen LogP contribution in [-0.2, 0) is 22.5 Å². The second-order valence-electron chi connectivity index (χ2n) is 6.25. The van der Waals surface area contributed by atoms with Crippen LogP contribution in [0, 0.1) is 0 Å². The summed E-state index contributed by atoms with van der Waals surface area (Å²) >= 11 is 1.71. The predicted octanol–water partition coefficient (Wildman–Crippen LogP) is 1.90. The minimum absolute atomic E-state index is 0.0322. The molecule has 28 heavy (non-hydrogen) atoms. The van der Waals surface area contributed by atoms with Crippen LogP contribution < -0.4 is 10.6 Å². The molecule has 2 aromatic rings. The van der Waals surface area contributed by atoms with E-state index in [1.54, 1.807) is 37.6 Å². The van der Waals surface area contributed by atoms with Crippen molar-refractivity contribution in [3.63, 3.8) is 0 Å². The van der Waals surface area contributed by atoms with E-state index in [1.165, 1.54) is 16.9 Å². The third-order valence-electron chi connectivity index (χ3n) is 3.94. The Morgan fingerprint density at radius 2 is 1.89 bits per heavy atom. The highest BCUT2D eigenvalue weighted by atomic mass is 32.1. The molecule has 1 aromatic heterocycles. The summed E-state index contributed by atoms with van der Waals surface area (Å²) in [5.41, 5.74) is 1.45. The first-order valence-corrected chi connectivity index (χ1v) is 9.79. The number of guanidine groups is 1. The fourth-order valence-corrected chi connectivity index (χ4v) is 2.99. The minimum atomic E-state index is -0.366. The summed E-state index contributed by atoms with van der Waals surface area (Å²) in [6.07, 6.45) is 0.883. The van der Waals surface area contributed by atoms with Gasteiger partial charge in [0.2, 0.25) is 5.91 Å². The lowest BCUT2D eigenvalue weighted by Gasteiger charge is -2.15. The number of hydrogen-bond donors (Lipinski definition) is 2. The smallest absolute Gasteiger partial charge is 0.337 e. The molecule has 0 saturated heterocycles. The summed E-state index contributed by atoms with van der Waals surface area (Å²) in [6.45, 7) is 1.30. The van der Waals surface area contributed by atoms with Gasteiger partial charge in [0.05, 0.1) is 25.8 Å². The van der Waals surface area contributed by atoms with Crippen molar-refractivity contribution < 1.29 is 14.3 Å². The molecule has 0 aliphatic carbocycles. The standard InChI is InChI=1S/C20H26N4O3S/c1-24(2)18(25)14-23-20(21-11-10-17-5-4-12-28-17)22-13-15-6-8-16(9-7-15)19(26)27-3/h4-9,12H,10-11,13-14H2,1-3H3,(H2,21,22,23). The molecule has 0 fully saturated rings. The number of nitrogens with one attached hydrogen (secondary N) is 2. The molecule has 150 valence electrons. The topological polar surface area (TPSA) is 83.0 Å². The molecular formula is C20H26N4O3S. The molecule has 0 spiro atoms. The highest BCUT2D eigenvalue weighted by Crippen LogP contribution is 2.08. The lowest BCUT2D eigenvalue weighted by Crippen LogP contribution is -2.43. The van der Waals surface area contributed by atoms with Crippen LogP contribution in [0.15, 0.2) is 46.8 Å². The molecule has 2 rings (SSSR count). The number of hydrogen-bond acceptors (Lipinski definition) is 5. The maximum Gasteiger partial charge on any atom is 0.337 e. The first-order valence-electron chi connectivity index (χ1n) is 8.91. The number of carbonyl (C=O) groups excluding carboxylic acids is 2. The van der Waals surface area contributed by atoms with Gasteiger partial charge < -0.3 is 20.3 Å². The van der Waals surface area contributed by atoms with Crippen molar-refractivity contribution in [3.8, 4) is 0 Å². The van der Waals surface area contributed by atoms with Gasteiger partial charge in [-0.1, -0.05) is 18.2 Å². The molecule has 7 nitrogen and oxygen atoms in total. The van der Waals surface area contributed by atoms with E-state index in [-0.39, 0.29) is 18.4 Å². The Balaban J connectivity index is 1.97. The molecular weight excluding hydrogens is 376 g/mol. The van der Waals surface area contributed by atoms with Crippen LogP contribution in [0.1, 0.15) is 20.8 Å². The Morgan fingerprint density at radius 3 is 2.50 bits per heavy atom. The SMILES string of the molecule is COC(=O)c1ccc(CN=C(NCCc2cccs2)NCC(=O)N(C)C)cc1. The summed E-state index contributed by atoms with van der Waals surface area (Å²) in [4.78, 5) is 30.7. The van der Waals surface area contributed by atoms with E-state index < -0.39 is 0 Å². The average molecular weight is 403 g/mol. The van der Waals surface area contributed by atoms with E-state index in [4.69, 9.17) is 4.74 Å². The fraction of sp³-hybridized carbons (Fsp3) is 0.350. The normalized spacial score (nSPS) is 11.0. The first kappa shape index (κ1) is 21.4. The summed E-state index contributed by atoms with van der Waals surface area (Å²) < 4.78 is 4.70. The van der Waals surface area contributed by atoms with Gasteiger partial charge in [-0.2, -0.15) is 0 Å². The number of rotatable bonds is 8. The molecule has 0 saturated carbocycles. The Morgan fingerprint density at radius 1 is 1.14 bits per heavy atom. The zero-order chi connectivity index (χ0) is 20.4. The number of likely N-dealkylation sites (N-methyl/N-ethyl adjacent to an activating group) is 1. The largest absolute Gasteiger partial charge is 0.465 e. The number of carbonyl (C=O) groups is 2. The number of ether oxygens (including phenoxy) is 1. The second kappa shape index (κ2) is 11.1. The second-order valence-corrected chi connectivity index (χ2v) is 7.28. The van der Waals surface area contributed by atoms with Crippen molar-refractivity contribution in [2.24, 2.45) is 4.99 Å². The number of amides is 1. The minimum Gasteiger partial charge on any atom is -0.465 e. The van der Waals surface area contributed by atoms with Crippen molar-refractivity contribution >= 4 is 29.2 Å². The van der Waals surface area contributed by atoms with Gasteiger partial charge in [-0.25, -0.2) is 9.79 Å². The molecule has 1 heterocycles. The van der Waals surface area contributed by atoms with E-state index in [2.05, 4.69) is 27.1 Å². The number of methoxy groups -OCH3 is 1. The van der Waals surface area contributed by atoms with Gasteiger partial charge in [0, 0.05) is 25.5 Å². The molecule has 0 aliphatic rings. The maximum atomic E-state index is 11.9. The summed E-state index contributed by atoms with van der Waals surface area (Å²) in [5.74, 6) is 0.175. The van der Waals surface area contributed by atoms with Crippen molar-refractivity contribution in [1.82, 2.24) is 15.5 Å². The highest BCUT2D eigenvalue weighted by molar-refractivity contribution is 7.09. The van der Waals surface area contributed by atoms with Crippen molar-refractivity contribution in [2.75, 3.05) is 34.3 Å². The molecule has 0 atom stereocenters. The Labute approximate surface area is 169 Å². The van der Waals surface area contributed by atoms with E-state index in [9.17, 15) is 9.59 Å². The van der Waals surface area contributed by atoms with Gasteiger partial charge >= 0.3 is 5.97 Å². The first-order chi connectivity index (χ1) is 13.5.